The smallest absolute Gasteiger partial charge is 0.343 e. The van der Waals surface area contributed by atoms with Crippen LogP contribution in [0.3, 0.4) is 0 Å². The standard InChI is InChI=1S/C35H34O12/c1-16-25(36)46-30-32(16)21(31(3,4)5)20-22(43-27(38)18-12-8-6-9-13-18)33(32)23(44-28(39)19-14-10-7-11-15-19)24-34(41,17(2)26(37)45-24)35(33,47-30)29(40)42-20/h6-17,20-24,30,41H,1-5H3/t16-,17+,20+,21-,22?,23-,24-,30?,32?,33?,34+,35-/m0/s1. The number of rotatable bonds is 4. The third-order valence-electron chi connectivity index (χ3n) is 11.8. The van der Waals surface area contributed by atoms with Crippen molar-refractivity contribution in [1.82, 2.24) is 0 Å². The minimum absolute atomic E-state index is 0.137. The zero-order valence-electron chi connectivity index (χ0n) is 26.3. The first-order valence-corrected chi connectivity index (χ1v) is 15.7. The van der Waals surface area contributed by atoms with Gasteiger partial charge >= 0.3 is 29.8 Å². The number of hydrogen-bond donors (Lipinski definition) is 1. The number of carbonyl (C=O) groups is 5. The van der Waals surface area contributed by atoms with Crippen LogP contribution in [0.4, 0.5) is 0 Å². The number of aliphatic hydroxyl groups is 1. The summed E-state index contributed by atoms with van der Waals surface area (Å²) in [5, 5.41) is 12.9. The van der Waals surface area contributed by atoms with Gasteiger partial charge in [0.1, 0.15) is 11.5 Å². The van der Waals surface area contributed by atoms with Gasteiger partial charge in [0.05, 0.1) is 28.4 Å². The Labute approximate surface area is 269 Å². The second kappa shape index (κ2) is 9.19. The van der Waals surface area contributed by atoms with E-state index in [0.29, 0.717) is 0 Å². The molecular weight excluding hydrogens is 612 g/mol. The topological polar surface area (TPSA) is 161 Å². The molecule has 47 heavy (non-hydrogen) atoms. The first kappa shape index (κ1) is 30.1. The zero-order chi connectivity index (χ0) is 33.5. The Bertz CT molecular complexity index is 1740. The van der Waals surface area contributed by atoms with Crippen LogP contribution >= 0.6 is 0 Å². The van der Waals surface area contributed by atoms with Crippen LogP contribution in [0.25, 0.3) is 0 Å². The molecule has 12 heteroatoms. The SMILES string of the molecule is C[C@@H]1C(=O)O[C@H]2[C@H](OC(=O)c3ccccc3)C34C(OC(=O)c5ccccc5)[C@@H]5OC(=O)[C@@]3(OC3OC(=O)[C@H](C)C34[C@@H]5C(C)(C)C)[C@@]12O. The van der Waals surface area contributed by atoms with Gasteiger partial charge in [-0.3, -0.25) is 9.59 Å². The molecule has 2 aromatic carbocycles. The molecule has 246 valence electrons. The van der Waals surface area contributed by atoms with Crippen molar-refractivity contribution in [3.8, 4) is 0 Å². The van der Waals surface area contributed by atoms with Crippen LogP contribution in [0.15, 0.2) is 60.7 Å². The molecule has 8 rings (SSSR count). The van der Waals surface area contributed by atoms with Gasteiger partial charge in [0.25, 0.3) is 0 Å². The third-order valence-corrected chi connectivity index (χ3v) is 11.8. The number of benzene rings is 2. The molecule has 6 aliphatic rings. The first-order valence-electron chi connectivity index (χ1n) is 15.7. The van der Waals surface area contributed by atoms with Crippen molar-refractivity contribution in [2.45, 2.75) is 76.5 Å². The summed E-state index contributed by atoms with van der Waals surface area (Å²) < 4.78 is 37.3. The molecule has 12 nitrogen and oxygen atoms in total. The van der Waals surface area contributed by atoms with E-state index in [-0.39, 0.29) is 11.1 Å². The summed E-state index contributed by atoms with van der Waals surface area (Å²) in [6.07, 6.45) is -7.43. The normalized spacial score (nSPS) is 43.7. The van der Waals surface area contributed by atoms with Crippen LogP contribution in [0.2, 0.25) is 0 Å². The summed E-state index contributed by atoms with van der Waals surface area (Å²) in [6.45, 7) is 8.67. The molecule has 6 fully saturated rings. The van der Waals surface area contributed by atoms with Crippen molar-refractivity contribution in [3.05, 3.63) is 71.8 Å². The lowest BCUT2D eigenvalue weighted by Gasteiger charge is -2.52. The Balaban J connectivity index is 1.45. The molecule has 2 aromatic rings. The minimum atomic E-state index is -2.53. The maximum Gasteiger partial charge on any atom is 0.343 e. The zero-order valence-corrected chi connectivity index (χ0v) is 26.3. The third kappa shape index (κ3) is 3.10. The summed E-state index contributed by atoms with van der Waals surface area (Å²) in [5.41, 5.74) is -9.11. The molecular formula is C35H34O12. The lowest BCUT2D eigenvalue weighted by molar-refractivity contribution is -0.281. The van der Waals surface area contributed by atoms with Gasteiger partial charge in [0.15, 0.2) is 23.9 Å². The average Bonchev–Trinajstić information content (AvgIpc) is 3.66. The highest BCUT2D eigenvalue weighted by atomic mass is 16.8. The predicted octanol–water partition coefficient (Wildman–Crippen LogP) is 2.61. The van der Waals surface area contributed by atoms with Crippen LogP contribution in [-0.4, -0.2) is 76.9 Å². The van der Waals surface area contributed by atoms with Gasteiger partial charge in [-0.1, -0.05) is 64.1 Å². The fourth-order valence-corrected chi connectivity index (χ4v) is 10.3. The summed E-state index contributed by atoms with van der Waals surface area (Å²) in [7, 11) is 0. The van der Waals surface area contributed by atoms with E-state index in [2.05, 4.69) is 0 Å². The summed E-state index contributed by atoms with van der Waals surface area (Å²) >= 11 is 0. The van der Waals surface area contributed by atoms with Gasteiger partial charge in [-0.2, -0.15) is 0 Å². The molecule has 0 amide bonds. The van der Waals surface area contributed by atoms with Crippen molar-refractivity contribution >= 4 is 29.8 Å². The Morgan fingerprint density at radius 3 is 1.85 bits per heavy atom. The molecule has 2 bridgehead atoms. The van der Waals surface area contributed by atoms with E-state index >= 15 is 0 Å². The first-order chi connectivity index (χ1) is 22.2. The molecule has 4 saturated heterocycles. The Morgan fingerprint density at radius 1 is 0.766 bits per heavy atom. The van der Waals surface area contributed by atoms with Gasteiger partial charge in [-0.25, -0.2) is 14.4 Å². The number of fused-ring (bicyclic) bond motifs is 2. The molecule has 2 aliphatic carbocycles. The number of hydrogen-bond acceptors (Lipinski definition) is 12. The van der Waals surface area contributed by atoms with Crippen LogP contribution in [0.5, 0.6) is 0 Å². The number of carbonyl (C=O) groups excluding carboxylic acids is 5. The molecule has 4 heterocycles. The predicted molar refractivity (Wildman–Crippen MR) is 156 cm³/mol. The van der Waals surface area contributed by atoms with Crippen LogP contribution in [0.1, 0.15) is 55.3 Å². The maximum atomic E-state index is 14.7. The quantitative estimate of drug-likeness (QED) is 0.383. The van der Waals surface area contributed by atoms with Crippen molar-refractivity contribution in [2.75, 3.05) is 0 Å². The highest BCUT2D eigenvalue weighted by molar-refractivity contribution is 5.95. The van der Waals surface area contributed by atoms with Crippen LogP contribution < -0.4 is 0 Å². The van der Waals surface area contributed by atoms with Gasteiger partial charge < -0.3 is 33.5 Å². The number of ether oxygens (including phenoxy) is 6. The van der Waals surface area contributed by atoms with E-state index in [9.17, 15) is 29.1 Å². The highest BCUT2D eigenvalue weighted by Gasteiger charge is 3.05. The monoisotopic (exact) mass is 646 g/mol. The molecule has 2 saturated carbocycles. The van der Waals surface area contributed by atoms with Crippen LogP contribution in [-0.2, 0) is 42.8 Å². The summed E-state index contributed by atoms with van der Waals surface area (Å²) in [5.74, 6) is -7.44. The van der Waals surface area contributed by atoms with Crippen molar-refractivity contribution in [1.29, 1.82) is 0 Å². The Kier molecular flexibility index (Phi) is 5.88. The van der Waals surface area contributed by atoms with Gasteiger partial charge in [-0.15, -0.1) is 0 Å². The van der Waals surface area contributed by atoms with Crippen molar-refractivity contribution < 1.29 is 57.5 Å². The largest absolute Gasteiger partial charge is 0.456 e. The van der Waals surface area contributed by atoms with Crippen molar-refractivity contribution in [3.63, 3.8) is 0 Å². The van der Waals surface area contributed by atoms with E-state index in [4.69, 9.17) is 28.4 Å². The second-order valence-electron chi connectivity index (χ2n) is 14.6. The minimum Gasteiger partial charge on any atom is -0.456 e. The van der Waals surface area contributed by atoms with E-state index in [0.717, 1.165) is 0 Å². The van der Waals surface area contributed by atoms with E-state index in [1.54, 1.807) is 55.5 Å². The van der Waals surface area contributed by atoms with Gasteiger partial charge in [-0.05, 0) is 36.6 Å². The molecule has 12 atom stereocenters. The molecule has 4 unspecified atom stereocenters. The lowest BCUT2D eigenvalue weighted by atomic mass is 9.48. The fraction of sp³-hybridized carbons (Fsp3) is 0.514. The average molecular weight is 647 g/mol. The molecule has 0 aromatic heterocycles. The van der Waals surface area contributed by atoms with Gasteiger partial charge in [0, 0.05) is 5.92 Å². The van der Waals surface area contributed by atoms with E-state index in [1.165, 1.54) is 19.1 Å². The Hall–Kier alpha value is -4.29. The maximum absolute atomic E-state index is 14.7. The van der Waals surface area contributed by atoms with Gasteiger partial charge in [0.2, 0.25) is 11.9 Å². The fourth-order valence-electron chi connectivity index (χ4n) is 10.3. The lowest BCUT2D eigenvalue weighted by Crippen LogP contribution is -2.74. The van der Waals surface area contributed by atoms with E-state index < -0.39 is 106 Å². The molecule has 2 spiro atoms. The highest BCUT2D eigenvalue weighted by Crippen LogP contribution is 2.85. The Morgan fingerprint density at radius 2 is 1.30 bits per heavy atom. The second-order valence-corrected chi connectivity index (χ2v) is 14.6. The molecule has 0 radical (unpaired) electrons. The summed E-state index contributed by atoms with van der Waals surface area (Å²) in [6, 6.07) is 16.2. The van der Waals surface area contributed by atoms with Crippen molar-refractivity contribution in [2.24, 2.45) is 34.0 Å². The van der Waals surface area contributed by atoms with E-state index in [1.807, 2.05) is 20.8 Å². The van der Waals surface area contributed by atoms with Crippen LogP contribution in [0, 0.1) is 34.0 Å². The number of esters is 5. The molecule has 1 N–H and O–H groups in total. The molecule has 4 aliphatic heterocycles. The summed E-state index contributed by atoms with van der Waals surface area (Å²) in [4.78, 5) is 69.6.